The summed E-state index contributed by atoms with van der Waals surface area (Å²) in [5, 5.41) is 6.54. The topological polar surface area (TPSA) is 41.4 Å². The van der Waals surface area contributed by atoms with Crippen molar-refractivity contribution in [3.8, 4) is 16.9 Å². The van der Waals surface area contributed by atoms with Crippen LogP contribution in [-0.2, 0) is 0 Å². The van der Waals surface area contributed by atoms with Crippen LogP contribution >= 0.6 is 34.8 Å². The van der Waals surface area contributed by atoms with Crippen molar-refractivity contribution in [1.82, 2.24) is 19.6 Å². The number of carbonyl (C=O) groups is 1. The molecular formula is C34H41Cl3N4O. The van der Waals surface area contributed by atoms with E-state index in [-0.39, 0.29) is 5.91 Å². The van der Waals surface area contributed by atoms with Crippen molar-refractivity contribution in [3.63, 3.8) is 0 Å². The number of nitrogens with zero attached hydrogens (tertiary/aromatic N) is 4. The molecule has 0 radical (unpaired) electrons. The molecule has 1 aliphatic heterocycles. The molecule has 2 bridgehead atoms. The highest BCUT2D eigenvalue weighted by molar-refractivity contribution is 6.35. The summed E-state index contributed by atoms with van der Waals surface area (Å²) in [6, 6.07) is 12.9. The van der Waals surface area contributed by atoms with E-state index in [2.05, 4.69) is 18.7 Å². The zero-order valence-electron chi connectivity index (χ0n) is 24.9. The highest BCUT2D eigenvalue weighted by Gasteiger charge is 2.43. The van der Waals surface area contributed by atoms with Crippen molar-refractivity contribution in [2.45, 2.75) is 59.3 Å². The summed E-state index contributed by atoms with van der Waals surface area (Å²) in [6.45, 7) is 11.2. The highest BCUT2D eigenvalue weighted by atomic mass is 35.5. The van der Waals surface area contributed by atoms with Crippen molar-refractivity contribution in [2.75, 3.05) is 32.7 Å². The molecule has 1 amide bonds. The van der Waals surface area contributed by atoms with Crippen LogP contribution in [0.2, 0.25) is 15.1 Å². The Balaban J connectivity index is 1.21. The molecule has 2 saturated carbocycles. The summed E-state index contributed by atoms with van der Waals surface area (Å²) < 4.78 is 1.77. The van der Waals surface area contributed by atoms with Crippen LogP contribution in [0.15, 0.2) is 42.5 Å². The van der Waals surface area contributed by atoms with Crippen LogP contribution in [0.1, 0.15) is 68.4 Å². The Kier molecular flexibility index (Phi) is 8.68. The van der Waals surface area contributed by atoms with Crippen LogP contribution in [0.5, 0.6) is 0 Å². The maximum absolute atomic E-state index is 14.0. The molecule has 2 unspecified atom stereocenters. The van der Waals surface area contributed by atoms with Crippen LogP contribution < -0.4 is 0 Å². The monoisotopic (exact) mass is 626 g/mol. The molecule has 6 rings (SSSR count). The maximum atomic E-state index is 14.0. The first-order valence-corrected chi connectivity index (χ1v) is 16.6. The highest BCUT2D eigenvalue weighted by Crippen LogP contribution is 2.52. The second-order valence-corrected chi connectivity index (χ2v) is 14.5. The number of amides is 1. The maximum Gasteiger partial charge on any atom is 0.274 e. The van der Waals surface area contributed by atoms with E-state index in [0.717, 1.165) is 54.2 Å². The Morgan fingerprint density at radius 2 is 1.57 bits per heavy atom. The van der Waals surface area contributed by atoms with Gasteiger partial charge in [-0.15, -0.1) is 0 Å². The summed E-state index contributed by atoms with van der Waals surface area (Å²) in [7, 11) is 0. The van der Waals surface area contributed by atoms with Crippen LogP contribution in [0, 0.1) is 30.1 Å². The van der Waals surface area contributed by atoms with Crippen molar-refractivity contribution < 1.29 is 4.79 Å². The third kappa shape index (κ3) is 6.00. The first-order chi connectivity index (χ1) is 20.1. The number of piperazine rings is 1. The molecular weight excluding hydrogens is 587 g/mol. The third-order valence-electron chi connectivity index (χ3n) is 10.1. The summed E-state index contributed by atoms with van der Waals surface area (Å²) in [5.41, 5.74) is 4.12. The van der Waals surface area contributed by atoms with Crippen molar-refractivity contribution in [1.29, 1.82) is 0 Å². The van der Waals surface area contributed by atoms with E-state index in [1.807, 2.05) is 42.2 Å². The molecule has 2 aromatic carbocycles. The van der Waals surface area contributed by atoms with Gasteiger partial charge in [0.05, 0.1) is 16.4 Å². The zero-order chi connectivity index (χ0) is 29.6. The summed E-state index contributed by atoms with van der Waals surface area (Å²) >= 11 is 19.0. The van der Waals surface area contributed by atoms with Crippen LogP contribution in [0.4, 0.5) is 0 Å². The van der Waals surface area contributed by atoms with Gasteiger partial charge in [-0.3, -0.25) is 9.69 Å². The molecule has 0 N–H and O–H groups in total. The van der Waals surface area contributed by atoms with E-state index >= 15 is 0 Å². The number of hydrogen-bond acceptors (Lipinski definition) is 3. The standard InChI is InChI=1S/C34H41Cl3N4O/c1-4-34(19-24-15-22(2)16-25(17-24)20-34)21-39-11-13-40(14-12-39)33(42)31-23(3)32(26-5-7-27(35)8-6-26)41(38-31)30-10-9-28(36)18-29(30)37/h5-10,18,22,24-25H,4,11-17,19-21H2,1-3H3. The van der Waals surface area contributed by atoms with Crippen LogP contribution in [0.25, 0.3) is 16.9 Å². The predicted molar refractivity (Wildman–Crippen MR) is 173 cm³/mol. The lowest BCUT2D eigenvalue weighted by Crippen LogP contribution is -2.53. The Bertz CT molecular complexity index is 1430. The molecule has 3 fully saturated rings. The molecule has 8 heteroatoms. The van der Waals surface area contributed by atoms with E-state index in [1.54, 1.807) is 16.8 Å². The fraction of sp³-hybridized carbons (Fsp3) is 0.529. The van der Waals surface area contributed by atoms with Gasteiger partial charge >= 0.3 is 0 Å². The van der Waals surface area contributed by atoms with E-state index in [4.69, 9.17) is 39.9 Å². The normalized spacial score (nSPS) is 26.4. The van der Waals surface area contributed by atoms with E-state index < -0.39 is 0 Å². The zero-order valence-corrected chi connectivity index (χ0v) is 27.2. The minimum atomic E-state index is -0.0300. The minimum absolute atomic E-state index is 0.0300. The molecule has 5 nitrogen and oxygen atoms in total. The van der Waals surface area contributed by atoms with Crippen LogP contribution in [-0.4, -0.2) is 58.2 Å². The van der Waals surface area contributed by atoms with Crippen molar-refractivity contribution in [2.24, 2.45) is 23.2 Å². The van der Waals surface area contributed by atoms with Gasteiger partial charge in [-0.2, -0.15) is 5.10 Å². The molecule has 2 heterocycles. The number of hydrogen-bond donors (Lipinski definition) is 0. The molecule has 224 valence electrons. The quantitative estimate of drug-likeness (QED) is 0.274. The lowest BCUT2D eigenvalue weighted by molar-refractivity contribution is -0.00399. The van der Waals surface area contributed by atoms with Gasteiger partial charge in [0.25, 0.3) is 5.91 Å². The second-order valence-electron chi connectivity index (χ2n) is 13.2. The fourth-order valence-corrected chi connectivity index (χ4v) is 8.89. The molecule has 3 aromatic rings. The lowest BCUT2D eigenvalue weighted by atomic mass is 9.58. The fourth-order valence-electron chi connectivity index (χ4n) is 8.28. The average Bonchev–Trinajstić information content (AvgIpc) is 3.29. The van der Waals surface area contributed by atoms with Gasteiger partial charge < -0.3 is 4.90 Å². The SMILES string of the molecule is CCC1(CN2CCN(C(=O)c3nn(-c4ccc(Cl)cc4Cl)c(-c4ccc(Cl)cc4)c3C)CC2)CC2CC(C)CC(C2)C1. The van der Waals surface area contributed by atoms with Crippen LogP contribution in [0.3, 0.4) is 0 Å². The predicted octanol–water partition coefficient (Wildman–Crippen LogP) is 8.81. The lowest BCUT2D eigenvalue weighted by Gasteiger charge is -2.51. The number of fused-ring (bicyclic) bond motifs is 2. The molecule has 2 atom stereocenters. The first-order valence-electron chi connectivity index (χ1n) is 15.5. The van der Waals surface area contributed by atoms with Gasteiger partial charge in [0, 0.05) is 53.9 Å². The van der Waals surface area contributed by atoms with Gasteiger partial charge in [0.2, 0.25) is 0 Å². The number of halogens is 3. The molecule has 2 aliphatic carbocycles. The number of benzene rings is 2. The number of carbonyl (C=O) groups excluding carboxylic acids is 1. The summed E-state index contributed by atoms with van der Waals surface area (Å²) in [4.78, 5) is 18.6. The Labute approximate surface area is 265 Å². The summed E-state index contributed by atoms with van der Waals surface area (Å²) in [5.74, 6) is 2.66. The second kappa shape index (κ2) is 12.1. The molecule has 1 aromatic heterocycles. The van der Waals surface area contributed by atoms with Gasteiger partial charge in [-0.05, 0) is 98.9 Å². The smallest absolute Gasteiger partial charge is 0.274 e. The Hall–Kier alpha value is -2.05. The van der Waals surface area contributed by atoms with E-state index in [1.165, 1.54) is 38.5 Å². The third-order valence-corrected chi connectivity index (χ3v) is 10.9. The van der Waals surface area contributed by atoms with Gasteiger partial charge in [-0.1, -0.05) is 60.8 Å². The van der Waals surface area contributed by atoms with Gasteiger partial charge in [0.1, 0.15) is 0 Å². The van der Waals surface area contributed by atoms with Gasteiger partial charge in [0.15, 0.2) is 5.69 Å². The number of aromatic nitrogens is 2. The van der Waals surface area contributed by atoms with Crippen molar-refractivity contribution in [3.05, 3.63) is 68.8 Å². The van der Waals surface area contributed by atoms with Crippen molar-refractivity contribution >= 4 is 40.7 Å². The summed E-state index contributed by atoms with van der Waals surface area (Å²) in [6.07, 6.45) is 8.27. The first kappa shape index (κ1) is 30.0. The molecule has 42 heavy (non-hydrogen) atoms. The van der Waals surface area contributed by atoms with Gasteiger partial charge in [-0.25, -0.2) is 4.68 Å². The Morgan fingerprint density at radius 1 is 0.929 bits per heavy atom. The minimum Gasteiger partial charge on any atom is -0.335 e. The average molecular weight is 628 g/mol. The molecule has 1 saturated heterocycles. The van der Waals surface area contributed by atoms with E-state index in [0.29, 0.717) is 45.0 Å². The van der Waals surface area contributed by atoms with E-state index in [9.17, 15) is 4.79 Å². The Morgan fingerprint density at radius 3 is 2.19 bits per heavy atom. The number of rotatable bonds is 6. The largest absolute Gasteiger partial charge is 0.335 e. The molecule has 0 spiro atoms. The molecule has 3 aliphatic rings.